The Hall–Kier alpha value is -2.22. The van der Waals surface area contributed by atoms with E-state index >= 15 is 0 Å². The highest BCUT2D eigenvalue weighted by molar-refractivity contribution is 7.89. The van der Waals surface area contributed by atoms with E-state index in [2.05, 4.69) is 5.32 Å². The van der Waals surface area contributed by atoms with Gasteiger partial charge in [0.2, 0.25) is 15.9 Å². The molecule has 0 saturated carbocycles. The van der Waals surface area contributed by atoms with Crippen molar-refractivity contribution in [2.24, 2.45) is 0 Å². The zero-order valence-corrected chi connectivity index (χ0v) is 16.1. The summed E-state index contributed by atoms with van der Waals surface area (Å²) in [5.41, 5.74) is 1.57. The summed E-state index contributed by atoms with van der Waals surface area (Å²) in [6.07, 6.45) is 0.324. The van der Waals surface area contributed by atoms with Crippen LogP contribution in [-0.4, -0.2) is 44.9 Å². The number of carbonyl (C=O) groups is 1. The van der Waals surface area contributed by atoms with E-state index in [1.807, 2.05) is 37.3 Å². The number of ether oxygens (including phenoxy) is 1. The topological polar surface area (TPSA) is 75.7 Å². The molecular formula is C20H24N2O4S. The molecule has 2 aromatic rings. The molecule has 1 heterocycles. The molecule has 2 aromatic carbocycles. The first-order valence-electron chi connectivity index (χ1n) is 8.99. The molecule has 27 heavy (non-hydrogen) atoms. The van der Waals surface area contributed by atoms with Gasteiger partial charge in [-0.25, -0.2) is 8.42 Å². The minimum absolute atomic E-state index is 0.0754. The number of morpholine rings is 1. The van der Waals surface area contributed by atoms with Crippen molar-refractivity contribution in [3.63, 3.8) is 0 Å². The van der Waals surface area contributed by atoms with E-state index in [0.29, 0.717) is 38.4 Å². The van der Waals surface area contributed by atoms with Crippen molar-refractivity contribution in [3.8, 4) is 0 Å². The van der Waals surface area contributed by atoms with Gasteiger partial charge >= 0.3 is 0 Å². The summed E-state index contributed by atoms with van der Waals surface area (Å²) >= 11 is 0. The fraction of sp³-hybridized carbons (Fsp3) is 0.350. The molecule has 1 unspecified atom stereocenters. The predicted molar refractivity (Wildman–Crippen MR) is 104 cm³/mol. The van der Waals surface area contributed by atoms with E-state index in [9.17, 15) is 13.2 Å². The number of carbonyl (C=O) groups excluding carboxylic acids is 1. The molecular weight excluding hydrogens is 364 g/mol. The van der Waals surface area contributed by atoms with Gasteiger partial charge in [-0.05, 0) is 29.7 Å². The number of rotatable bonds is 6. The minimum atomic E-state index is -3.58. The van der Waals surface area contributed by atoms with Gasteiger partial charge in [0.25, 0.3) is 0 Å². The Balaban J connectivity index is 1.67. The van der Waals surface area contributed by atoms with Gasteiger partial charge in [-0.3, -0.25) is 4.79 Å². The van der Waals surface area contributed by atoms with Gasteiger partial charge in [-0.1, -0.05) is 43.3 Å². The molecule has 1 amide bonds. The lowest BCUT2D eigenvalue weighted by Gasteiger charge is -2.26. The van der Waals surface area contributed by atoms with Crippen LogP contribution in [-0.2, 0) is 19.6 Å². The zero-order chi connectivity index (χ0) is 19.3. The number of benzene rings is 2. The van der Waals surface area contributed by atoms with Crippen molar-refractivity contribution < 1.29 is 17.9 Å². The van der Waals surface area contributed by atoms with Crippen molar-refractivity contribution in [2.45, 2.75) is 24.2 Å². The summed E-state index contributed by atoms with van der Waals surface area (Å²) in [4.78, 5) is 12.6. The van der Waals surface area contributed by atoms with Gasteiger partial charge in [-0.2, -0.15) is 4.31 Å². The summed E-state index contributed by atoms with van der Waals surface area (Å²) < 4.78 is 32.1. The Bertz CT molecular complexity index is 878. The minimum Gasteiger partial charge on any atom is -0.379 e. The molecule has 1 fully saturated rings. The van der Waals surface area contributed by atoms with Crippen LogP contribution in [0.5, 0.6) is 0 Å². The van der Waals surface area contributed by atoms with Crippen LogP contribution < -0.4 is 5.32 Å². The summed E-state index contributed by atoms with van der Waals surface area (Å²) in [7, 11) is -3.58. The normalized spacial score (nSPS) is 16.6. The van der Waals surface area contributed by atoms with Gasteiger partial charge in [0, 0.05) is 25.2 Å². The molecule has 1 aliphatic heterocycles. The van der Waals surface area contributed by atoms with Crippen LogP contribution in [0.15, 0.2) is 59.5 Å². The van der Waals surface area contributed by atoms with Gasteiger partial charge in [0.15, 0.2) is 0 Å². The molecule has 144 valence electrons. The highest BCUT2D eigenvalue weighted by atomic mass is 32.2. The van der Waals surface area contributed by atoms with Crippen LogP contribution in [0.2, 0.25) is 0 Å². The average Bonchev–Trinajstić information content (AvgIpc) is 2.69. The predicted octanol–water partition coefficient (Wildman–Crippen LogP) is 2.84. The Morgan fingerprint density at radius 2 is 1.81 bits per heavy atom. The van der Waals surface area contributed by atoms with Crippen LogP contribution in [0, 0.1) is 0 Å². The maximum atomic E-state index is 12.7. The maximum absolute atomic E-state index is 12.7. The number of nitrogens with zero attached hydrogens (tertiary/aromatic N) is 1. The summed E-state index contributed by atoms with van der Waals surface area (Å²) in [5.74, 6) is -0.0706. The largest absolute Gasteiger partial charge is 0.379 e. The maximum Gasteiger partial charge on any atom is 0.243 e. The van der Waals surface area contributed by atoms with Crippen molar-refractivity contribution in [1.82, 2.24) is 4.31 Å². The van der Waals surface area contributed by atoms with E-state index in [4.69, 9.17) is 4.74 Å². The van der Waals surface area contributed by atoms with Crippen LogP contribution >= 0.6 is 0 Å². The Morgan fingerprint density at radius 3 is 2.52 bits per heavy atom. The third kappa shape index (κ3) is 4.94. The van der Waals surface area contributed by atoms with Gasteiger partial charge in [-0.15, -0.1) is 0 Å². The zero-order valence-electron chi connectivity index (χ0n) is 15.3. The first kappa shape index (κ1) is 19.5. The van der Waals surface area contributed by atoms with E-state index in [0.717, 1.165) is 5.56 Å². The number of hydrogen-bond acceptors (Lipinski definition) is 4. The lowest BCUT2D eigenvalue weighted by molar-refractivity contribution is -0.116. The third-order valence-corrected chi connectivity index (χ3v) is 6.48. The summed E-state index contributed by atoms with van der Waals surface area (Å²) in [6, 6.07) is 16.2. The van der Waals surface area contributed by atoms with Crippen LogP contribution in [0.1, 0.15) is 24.8 Å². The molecule has 1 saturated heterocycles. The Labute approximate surface area is 160 Å². The molecule has 3 rings (SSSR count). The number of nitrogens with one attached hydrogen (secondary N) is 1. The molecule has 0 radical (unpaired) electrons. The number of amides is 1. The fourth-order valence-corrected chi connectivity index (χ4v) is 4.51. The number of sulfonamides is 1. The van der Waals surface area contributed by atoms with Gasteiger partial charge in [0.05, 0.1) is 18.1 Å². The van der Waals surface area contributed by atoms with E-state index in [-0.39, 0.29) is 16.7 Å². The molecule has 1 N–H and O–H groups in total. The second kappa shape index (κ2) is 8.65. The van der Waals surface area contributed by atoms with Crippen molar-refractivity contribution in [2.75, 3.05) is 31.6 Å². The lowest BCUT2D eigenvalue weighted by atomic mass is 9.97. The number of anilines is 1. The molecule has 6 nitrogen and oxygen atoms in total. The second-order valence-electron chi connectivity index (χ2n) is 6.61. The first-order chi connectivity index (χ1) is 13.0. The Kier molecular flexibility index (Phi) is 6.26. The fourth-order valence-electron chi connectivity index (χ4n) is 3.06. The van der Waals surface area contributed by atoms with Crippen molar-refractivity contribution in [1.29, 1.82) is 0 Å². The van der Waals surface area contributed by atoms with E-state index < -0.39 is 10.0 Å². The highest BCUT2D eigenvalue weighted by Gasteiger charge is 2.26. The monoisotopic (exact) mass is 388 g/mol. The molecule has 0 aliphatic carbocycles. The van der Waals surface area contributed by atoms with E-state index in [1.54, 1.807) is 18.2 Å². The molecule has 0 bridgehead atoms. The standard InChI is InChI=1S/C20H24N2O4S/c1-16(17-6-3-2-4-7-17)14-20(23)21-18-8-5-9-19(15-18)27(24,25)22-10-12-26-13-11-22/h2-9,15-16H,10-14H2,1H3,(H,21,23). The molecule has 0 spiro atoms. The van der Waals surface area contributed by atoms with Gasteiger partial charge in [0.1, 0.15) is 0 Å². The molecule has 1 atom stereocenters. The van der Waals surface area contributed by atoms with Crippen molar-refractivity contribution in [3.05, 3.63) is 60.2 Å². The highest BCUT2D eigenvalue weighted by Crippen LogP contribution is 2.22. The third-order valence-electron chi connectivity index (χ3n) is 4.59. The van der Waals surface area contributed by atoms with Crippen LogP contribution in [0.3, 0.4) is 0 Å². The molecule has 0 aromatic heterocycles. The molecule has 1 aliphatic rings. The lowest BCUT2D eigenvalue weighted by Crippen LogP contribution is -2.40. The first-order valence-corrected chi connectivity index (χ1v) is 10.4. The molecule has 7 heteroatoms. The quantitative estimate of drug-likeness (QED) is 0.826. The summed E-state index contributed by atoms with van der Waals surface area (Å²) in [5, 5.41) is 2.81. The van der Waals surface area contributed by atoms with Crippen molar-refractivity contribution >= 4 is 21.6 Å². The van der Waals surface area contributed by atoms with Crippen LogP contribution in [0.25, 0.3) is 0 Å². The smallest absolute Gasteiger partial charge is 0.243 e. The average molecular weight is 388 g/mol. The Morgan fingerprint density at radius 1 is 1.11 bits per heavy atom. The SMILES string of the molecule is CC(CC(=O)Nc1cccc(S(=O)(=O)N2CCOCC2)c1)c1ccccc1. The number of hydrogen-bond donors (Lipinski definition) is 1. The summed E-state index contributed by atoms with van der Waals surface area (Å²) in [6.45, 7) is 3.47. The van der Waals surface area contributed by atoms with E-state index in [1.165, 1.54) is 10.4 Å². The second-order valence-corrected chi connectivity index (χ2v) is 8.55. The van der Waals surface area contributed by atoms with Crippen LogP contribution in [0.4, 0.5) is 5.69 Å². The van der Waals surface area contributed by atoms with Gasteiger partial charge < -0.3 is 10.1 Å².